The van der Waals surface area contributed by atoms with E-state index in [1.807, 2.05) is 13.8 Å². The van der Waals surface area contributed by atoms with Gasteiger partial charge in [-0.25, -0.2) is 8.42 Å². The van der Waals surface area contributed by atoms with Crippen LogP contribution >= 0.6 is 0 Å². The molecule has 3 N–H and O–H groups in total. The molecular weight excluding hydrogens is 569 g/mol. The largest absolute Gasteiger partial charge is 0.416 e. The summed E-state index contributed by atoms with van der Waals surface area (Å²) in [6.07, 6.45) is -3.16. The zero-order valence-corrected chi connectivity index (χ0v) is 24.6. The predicted octanol–water partition coefficient (Wildman–Crippen LogP) is 5.19. The number of sulfone groups is 1. The van der Waals surface area contributed by atoms with E-state index in [9.17, 15) is 31.2 Å². The van der Waals surface area contributed by atoms with E-state index in [-0.39, 0.29) is 21.9 Å². The van der Waals surface area contributed by atoms with Gasteiger partial charge in [0.05, 0.1) is 27.3 Å². The summed E-state index contributed by atoms with van der Waals surface area (Å²) < 4.78 is 66.8. The van der Waals surface area contributed by atoms with Crippen molar-refractivity contribution in [1.82, 2.24) is 15.2 Å². The molecule has 0 spiro atoms. The molecule has 2 aromatic carbocycles. The zero-order valence-electron chi connectivity index (χ0n) is 23.8. The lowest BCUT2D eigenvalue weighted by atomic mass is 10.0. The van der Waals surface area contributed by atoms with Crippen molar-refractivity contribution in [2.75, 3.05) is 31.5 Å². The highest BCUT2D eigenvalue weighted by Gasteiger charge is 2.35. The number of aromatic amines is 1. The number of amides is 2. The molecule has 224 valence electrons. The molecule has 2 amide bonds. The molecule has 0 radical (unpaired) electrons. The van der Waals surface area contributed by atoms with Crippen molar-refractivity contribution in [1.29, 1.82) is 0 Å². The molecule has 1 aliphatic heterocycles. The number of alkyl halides is 3. The zero-order chi connectivity index (χ0) is 30.8. The fraction of sp³-hybridized carbons (Fsp3) is 0.333. The van der Waals surface area contributed by atoms with E-state index in [0.717, 1.165) is 25.2 Å². The lowest BCUT2D eigenvalue weighted by Crippen LogP contribution is -2.35. The van der Waals surface area contributed by atoms with Crippen LogP contribution < -0.4 is 10.6 Å². The number of H-pyrrole nitrogens is 1. The minimum Gasteiger partial charge on any atom is -0.358 e. The van der Waals surface area contributed by atoms with Crippen LogP contribution in [0.2, 0.25) is 0 Å². The minimum atomic E-state index is -4.70. The Hall–Kier alpha value is -3.90. The van der Waals surface area contributed by atoms with Gasteiger partial charge in [-0.05, 0) is 68.4 Å². The Morgan fingerprint density at radius 1 is 1.07 bits per heavy atom. The Kier molecular flexibility index (Phi) is 8.98. The number of benzene rings is 2. The van der Waals surface area contributed by atoms with Gasteiger partial charge in [0.25, 0.3) is 11.8 Å². The van der Waals surface area contributed by atoms with Crippen LogP contribution in [0, 0.1) is 13.8 Å². The fourth-order valence-corrected chi connectivity index (χ4v) is 6.47. The lowest BCUT2D eigenvalue weighted by molar-refractivity contribution is -0.138. The Balaban J connectivity index is 1.63. The van der Waals surface area contributed by atoms with Crippen molar-refractivity contribution < 1.29 is 31.2 Å². The standard InChI is InChI=1S/C30H33F3N4O4S/c1-5-37(6-2)14-13-34-29(39)27-18(3)26(35-19(27)4)16-23-22-15-21(11-12-25(22)36-28(23)38)42(40,41)17-20-9-7-8-10-24(20)30(31,32)33/h7-12,15-16,35H,5-6,13-14,17H2,1-4H3,(H,34,39)(H,36,38)/b23-16-. The van der Waals surface area contributed by atoms with Crippen LogP contribution in [0.15, 0.2) is 47.4 Å². The number of hydrogen-bond acceptors (Lipinski definition) is 5. The first-order chi connectivity index (χ1) is 19.8. The Bertz CT molecular complexity index is 1660. The van der Waals surface area contributed by atoms with Crippen molar-refractivity contribution in [2.45, 2.75) is 44.5 Å². The van der Waals surface area contributed by atoms with Crippen LogP contribution in [0.4, 0.5) is 18.9 Å². The van der Waals surface area contributed by atoms with E-state index in [4.69, 9.17) is 0 Å². The maximum atomic E-state index is 13.5. The third-order valence-corrected chi connectivity index (χ3v) is 9.06. The van der Waals surface area contributed by atoms with E-state index in [1.54, 1.807) is 19.9 Å². The summed E-state index contributed by atoms with van der Waals surface area (Å²) in [6, 6.07) is 8.50. The second-order valence-corrected chi connectivity index (χ2v) is 12.1. The van der Waals surface area contributed by atoms with Gasteiger partial charge in [-0.3, -0.25) is 9.59 Å². The number of carbonyl (C=O) groups excluding carboxylic acids is 2. The monoisotopic (exact) mass is 602 g/mol. The molecule has 0 bridgehead atoms. The van der Waals surface area contributed by atoms with Crippen LogP contribution in [0.5, 0.6) is 0 Å². The van der Waals surface area contributed by atoms with Gasteiger partial charge in [0.1, 0.15) is 0 Å². The maximum absolute atomic E-state index is 13.5. The van der Waals surface area contributed by atoms with E-state index < -0.39 is 33.2 Å². The smallest absolute Gasteiger partial charge is 0.358 e. The van der Waals surface area contributed by atoms with Crippen LogP contribution in [0.1, 0.15) is 57.8 Å². The Morgan fingerprint density at radius 2 is 1.76 bits per heavy atom. The van der Waals surface area contributed by atoms with Gasteiger partial charge in [-0.2, -0.15) is 13.2 Å². The van der Waals surface area contributed by atoms with Crippen molar-refractivity contribution >= 4 is 39.0 Å². The normalized spacial score (nSPS) is 14.4. The van der Waals surface area contributed by atoms with Crippen LogP contribution in [0.3, 0.4) is 0 Å². The topological polar surface area (TPSA) is 111 Å². The average molecular weight is 603 g/mol. The van der Waals surface area contributed by atoms with Crippen LogP contribution in [-0.2, 0) is 26.6 Å². The van der Waals surface area contributed by atoms with Gasteiger partial charge < -0.3 is 20.5 Å². The van der Waals surface area contributed by atoms with Gasteiger partial charge in [-0.15, -0.1) is 0 Å². The van der Waals surface area contributed by atoms with E-state index in [0.29, 0.717) is 46.9 Å². The molecule has 1 aromatic heterocycles. The number of halogens is 3. The predicted molar refractivity (Wildman–Crippen MR) is 156 cm³/mol. The number of anilines is 1. The summed E-state index contributed by atoms with van der Waals surface area (Å²) in [5.41, 5.74) is 1.64. The number of nitrogens with zero attached hydrogens (tertiary/aromatic N) is 1. The summed E-state index contributed by atoms with van der Waals surface area (Å²) in [7, 11) is -4.20. The first-order valence-electron chi connectivity index (χ1n) is 13.5. The van der Waals surface area contributed by atoms with E-state index >= 15 is 0 Å². The van der Waals surface area contributed by atoms with Crippen molar-refractivity contribution in [3.8, 4) is 0 Å². The molecule has 1 aliphatic rings. The third kappa shape index (κ3) is 6.44. The number of fused-ring (bicyclic) bond motifs is 1. The number of likely N-dealkylation sites (N-methyl/N-ethyl adjacent to an activating group) is 1. The molecule has 0 atom stereocenters. The van der Waals surface area contributed by atoms with Gasteiger partial charge in [-0.1, -0.05) is 32.0 Å². The summed E-state index contributed by atoms with van der Waals surface area (Å²) in [5.74, 6) is -1.58. The first-order valence-corrected chi connectivity index (χ1v) is 15.2. The Morgan fingerprint density at radius 3 is 2.43 bits per heavy atom. The summed E-state index contributed by atoms with van der Waals surface area (Å²) in [4.78, 5) is 31.0. The molecule has 0 fully saturated rings. The molecule has 8 nitrogen and oxygen atoms in total. The highest BCUT2D eigenvalue weighted by molar-refractivity contribution is 7.90. The van der Waals surface area contributed by atoms with Crippen LogP contribution in [0.25, 0.3) is 11.6 Å². The highest BCUT2D eigenvalue weighted by Crippen LogP contribution is 2.37. The highest BCUT2D eigenvalue weighted by atomic mass is 32.2. The number of rotatable bonds is 10. The van der Waals surface area contributed by atoms with E-state index in [2.05, 4.69) is 20.5 Å². The summed E-state index contributed by atoms with van der Waals surface area (Å²) >= 11 is 0. The van der Waals surface area contributed by atoms with Gasteiger partial charge in [0.15, 0.2) is 9.84 Å². The van der Waals surface area contributed by atoms with Crippen molar-refractivity contribution in [3.05, 3.63) is 81.7 Å². The van der Waals surface area contributed by atoms with Crippen molar-refractivity contribution in [3.63, 3.8) is 0 Å². The quantitative estimate of drug-likeness (QED) is 0.277. The molecule has 3 aromatic rings. The molecule has 12 heteroatoms. The SMILES string of the molecule is CCN(CC)CCNC(=O)c1c(C)[nH]c(/C=C2\C(=O)Nc3ccc(S(=O)(=O)Cc4ccccc4C(F)(F)F)cc32)c1C. The summed E-state index contributed by atoms with van der Waals surface area (Å²) in [5, 5.41) is 5.62. The van der Waals surface area contributed by atoms with E-state index in [1.165, 1.54) is 30.3 Å². The molecule has 42 heavy (non-hydrogen) atoms. The fourth-order valence-electron chi connectivity index (χ4n) is 5.07. The number of hydrogen-bond donors (Lipinski definition) is 3. The average Bonchev–Trinajstić information content (AvgIpc) is 3.39. The molecule has 4 rings (SSSR count). The molecular formula is C30H33F3N4O4S. The summed E-state index contributed by atoms with van der Waals surface area (Å²) in [6.45, 7) is 10.5. The van der Waals surface area contributed by atoms with Gasteiger partial charge >= 0.3 is 6.18 Å². The second kappa shape index (κ2) is 12.1. The van der Waals surface area contributed by atoms with Crippen LogP contribution in [-0.4, -0.2) is 56.3 Å². The first kappa shape index (κ1) is 31.0. The molecule has 0 saturated carbocycles. The molecule has 2 heterocycles. The second-order valence-electron chi connectivity index (χ2n) is 10.1. The third-order valence-electron chi connectivity index (χ3n) is 7.40. The maximum Gasteiger partial charge on any atom is 0.416 e. The molecule has 0 saturated heterocycles. The minimum absolute atomic E-state index is 0.163. The molecule has 0 aliphatic carbocycles. The Labute approximate surface area is 242 Å². The number of aromatic nitrogens is 1. The molecule has 0 unspecified atom stereocenters. The number of carbonyl (C=O) groups is 2. The number of nitrogens with one attached hydrogen (secondary N) is 3. The van der Waals surface area contributed by atoms with Gasteiger partial charge in [0.2, 0.25) is 0 Å². The number of aryl methyl sites for hydroxylation is 1. The lowest BCUT2D eigenvalue weighted by Gasteiger charge is -2.18. The van der Waals surface area contributed by atoms with Gasteiger partial charge in [0, 0.05) is 35.7 Å². The van der Waals surface area contributed by atoms with Crippen molar-refractivity contribution in [2.24, 2.45) is 0 Å².